The van der Waals surface area contributed by atoms with Gasteiger partial charge in [-0.3, -0.25) is 4.79 Å². The Bertz CT molecular complexity index is 1070. The molecule has 0 atom stereocenters. The fourth-order valence-corrected chi connectivity index (χ4v) is 3.95. The van der Waals surface area contributed by atoms with E-state index in [1.54, 1.807) is 7.11 Å². The molecule has 0 N–H and O–H groups in total. The van der Waals surface area contributed by atoms with Gasteiger partial charge in [0.05, 0.1) is 30.6 Å². The van der Waals surface area contributed by atoms with Gasteiger partial charge in [0.25, 0.3) is 0 Å². The van der Waals surface area contributed by atoms with Crippen molar-refractivity contribution in [1.82, 2.24) is 14.7 Å². The van der Waals surface area contributed by atoms with E-state index in [-0.39, 0.29) is 17.9 Å². The van der Waals surface area contributed by atoms with Gasteiger partial charge >= 0.3 is 0 Å². The Morgan fingerprint density at radius 3 is 2.34 bits per heavy atom. The Morgan fingerprint density at radius 2 is 1.75 bits per heavy atom. The highest BCUT2D eigenvalue weighted by molar-refractivity contribution is 5.80. The van der Waals surface area contributed by atoms with Gasteiger partial charge in [0.2, 0.25) is 11.8 Å². The number of amides is 1. The SMILES string of the molecule is COc1ccccc1Oc1c(CN(C(=O)C2CCC2)C(C)C)c(C)nn1-c1ccccc1. The molecule has 0 unspecified atom stereocenters. The van der Waals surface area contributed by atoms with Crippen molar-refractivity contribution in [3.05, 3.63) is 65.9 Å². The number of nitrogens with zero attached hydrogens (tertiary/aromatic N) is 3. The molecule has 6 nitrogen and oxygen atoms in total. The number of methoxy groups -OCH3 is 1. The molecule has 32 heavy (non-hydrogen) atoms. The zero-order valence-electron chi connectivity index (χ0n) is 19.2. The summed E-state index contributed by atoms with van der Waals surface area (Å²) in [5.41, 5.74) is 2.64. The smallest absolute Gasteiger partial charge is 0.228 e. The Morgan fingerprint density at radius 1 is 1.09 bits per heavy atom. The van der Waals surface area contributed by atoms with Crippen LogP contribution >= 0.6 is 0 Å². The van der Waals surface area contributed by atoms with Crippen molar-refractivity contribution in [2.75, 3.05) is 7.11 Å². The number of carbonyl (C=O) groups excluding carboxylic acids is 1. The first-order chi connectivity index (χ1) is 15.5. The molecule has 0 saturated heterocycles. The minimum atomic E-state index is 0.0849. The zero-order valence-corrected chi connectivity index (χ0v) is 19.2. The Labute approximate surface area is 189 Å². The molecule has 1 fully saturated rings. The lowest BCUT2D eigenvalue weighted by Gasteiger charge is -2.34. The monoisotopic (exact) mass is 433 g/mol. The van der Waals surface area contributed by atoms with E-state index in [9.17, 15) is 4.79 Å². The first kappa shape index (κ1) is 21.9. The van der Waals surface area contributed by atoms with Crippen molar-refractivity contribution in [2.45, 2.75) is 52.6 Å². The minimum Gasteiger partial charge on any atom is -0.493 e. The van der Waals surface area contributed by atoms with Gasteiger partial charge in [-0.05, 0) is 57.9 Å². The van der Waals surface area contributed by atoms with Crippen LogP contribution in [0.4, 0.5) is 0 Å². The molecule has 0 bridgehead atoms. The number of rotatable bonds is 8. The number of carbonyl (C=O) groups is 1. The van der Waals surface area contributed by atoms with Crippen LogP contribution in [0.5, 0.6) is 17.4 Å². The van der Waals surface area contributed by atoms with Gasteiger partial charge in [-0.2, -0.15) is 5.10 Å². The Hall–Kier alpha value is -3.28. The van der Waals surface area contributed by atoms with E-state index in [0.29, 0.717) is 23.9 Å². The van der Waals surface area contributed by atoms with E-state index in [2.05, 4.69) is 13.8 Å². The molecule has 0 aliphatic heterocycles. The molecule has 1 saturated carbocycles. The molecule has 1 aliphatic carbocycles. The van der Waals surface area contributed by atoms with Crippen LogP contribution in [0.1, 0.15) is 44.4 Å². The molecule has 1 aromatic heterocycles. The van der Waals surface area contributed by atoms with Crippen LogP contribution in [0.15, 0.2) is 54.6 Å². The molecule has 6 heteroatoms. The summed E-state index contributed by atoms with van der Waals surface area (Å²) in [7, 11) is 1.63. The van der Waals surface area contributed by atoms with Crippen molar-refractivity contribution in [3.63, 3.8) is 0 Å². The largest absolute Gasteiger partial charge is 0.493 e. The topological polar surface area (TPSA) is 56.6 Å². The van der Waals surface area contributed by atoms with Crippen molar-refractivity contribution in [2.24, 2.45) is 5.92 Å². The van der Waals surface area contributed by atoms with Crippen molar-refractivity contribution in [1.29, 1.82) is 0 Å². The molecule has 168 valence electrons. The Balaban J connectivity index is 1.77. The average Bonchev–Trinajstić information content (AvgIpc) is 3.06. The summed E-state index contributed by atoms with van der Waals surface area (Å²) in [6.07, 6.45) is 3.10. The van der Waals surface area contributed by atoms with Crippen molar-refractivity contribution in [3.8, 4) is 23.1 Å². The van der Waals surface area contributed by atoms with Crippen LogP contribution in [0, 0.1) is 12.8 Å². The highest BCUT2D eigenvalue weighted by Gasteiger charge is 2.32. The van der Waals surface area contributed by atoms with Crippen LogP contribution in [0.2, 0.25) is 0 Å². The minimum absolute atomic E-state index is 0.0849. The maximum atomic E-state index is 13.2. The van der Waals surface area contributed by atoms with E-state index < -0.39 is 0 Å². The summed E-state index contributed by atoms with van der Waals surface area (Å²) in [5, 5.41) is 4.80. The lowest BCUT2D eigenvalue weighted by Crippen LogP contribution is -2.42. The van der Waals surface area contributed by atoms with Crippen LogP contribution < -0.4 is 9.47 Å². The molecule has 0 spiro atoms. The summed E-state index contributed by atoms with van der Waals surface area (Å²) in [5.74, 6) is 2.21. The summed E-state index contributed by atoms with van der Waals surface area (Å²) in [6, 6.07) is 17.5. The predicted octanol–water partition coefficient (Wildman–Crippen LogP) is 5.52. The van der Waals surface area contributed by atoms with E-state index in [4.69, 9.17) is 14.6 Å². The summed E-state index contributed by atoms with van der Waals surface area (Å²) in [6.45, 7) is 6.55. The number of hydrogen-bond acceptors (Lipinski definition) is 4. The molecule has 1 heterocycles. The standard InChI is InChI=1S/C26H31N3O3/c1-18(2)28(25(30)20-11-10-12-20)17-22-19(3)27-29(21-13-6-5-7-14-21)26(22)32-24-16-9-8-15-23(24)31-4/h5-9,13-16,18,20H,10-12,17H2,1-4H3. The van der Waals surface area contributed by atoms with E-state index in [0.717, 1.165) is 36.2 Å². The molecular weight excluding hydrogens is 402 g/mol. The second kappa shape index (κ2) is 9.47. The second-order valence-electron chi connectivity index (χ2n) is 8.56. The summed E-state index contributed by atoms with van der Waals surface area (Å²) in [4.78, 5) is 15.1. The van der Waals surface area contributed by atoms with Crippen LogP contribution in [0.3, 0.4) is 0 Å². The zero-order chi connectivity index (χ0) is 22.7. The van der Waals surface area contributed by atoms with E-state index >= 15 is 0 Å². The third-order valence-corrected chi connectivity index (χ3v) is 6.10. The first-order valence-corrected chi connectivity index (χ1v) is 11.2. The van der Waals surface area contributed by atoms with Gasteiger partial charge in [-0.1, -0.05) is 36.8 Å². The fourth-order valence-electron chi connectivity index (χ4n) is 3.95. The van der Waals surface area contributed by atoms with E-state index in [1.165, 1.54) is 0 Å². The second-order valence-corrected chi connectivity index (χ2v) is 8.56. The van der Waals surface area contributed by atoms with E-state index in [1.807, 2.05) is 71.1 Å². The molecule has 0 radical (unpaired) electrons. The lowest BCUT2D eigenvalue weighted by molar-refractivity contribution is -0.140. The van der Waals surface area contributed by atoms with Crippen molar-refractivity contribution >= 4 is 5.91 Å². The first-order valence-electron chi connectivity index (χ1n) is 11.2. The van der Waals surface area contributed by atoms with Gasteiger partial charge in [-0.15, -0.1) is 0 Å². The van der Waals surface area contributed by atoms with Gasteiger partial charge in [0.15, 0.2) is 11.5 Å². The predicted molar refractivity (Wildman–Crippen MR) is 124 cm³/mol. The highest BCUT2D eigenvalue weighted by Crippen LogP contribution is 2.37. The molecule has 1 amide bonds. The number of benzene rings is 2. The summed E-state index contributed by atoms with van der Waals surface area (Å²) >= 11 is 0. The molecule has 4 rings (SSSR count). The van der Waals surface area contributed by atoms with Gasteiger partial charge < -0.3 is 14.4 Å². The number of hydrogen-bond donors (Lipinski definition) is 0. The van der Waals surface area contributed by atoms with Gasteiger partial charge in [0, 0.05) is 12.0 Å². The fraction of sp³-hybridized carbons (Fsp3) is 0.385. The third-order valence-electron chi connectivity index (χ3n) is 6.10. The average molecular weight is 434 g/mol. The molecule has 1 aliphatic rings. The Kier molecular flexibility index (Phi) is 6.49. The van der Waals surface area contributed by atoms with Crippen molar-refractivity contribution < 1.29 is 14.3 Å². The normalized spacial score (nSPS) is 13.7. The van der Waals surface area contributed by atoms with Crippen LogP contribution in [0.25, 0.3) is 5.69 Å². The maximum Gasteiger partial charge on any atom is 0.228 e. The number of aryl methyl sites for hydroxylation is 1. The highest BCUT2D eigenvalue weighted by atomic mass is 16.5. The lowest BCUT2D eigenvalue weighted by atomic mass is 9.84. The van der Waals surface area contributed by atoms with Gasteiger partial charge in [-0.25, -0.2) is 4.68 Å². The third kappa shape index (κ3) is 4.35. The quantitative estimate of drug-likeness (QED) is 0.469. The number of para-hydroxylation sites is 3. The van der Waals surface area contributed by atoms with Crippen LogP contribution in [-0.2, 0) is 11.3 Å². The number of aromatic nitrogens is 2. The summed E-state index contributed by atoms with van der Waals surface area (Å²) < 4.78 is 13.7. The maximum absolute atomic E-state index is 13.2. The molecule has 2 aromatic carbocycles. The molecule has 3 aromatic rings. The van der Waals surface area contributed by atoms with Gasteiger partial charge in [0.1, 0.15) is 0 Å². The number of ether oxygens (including phenoxy) is 2. The van der Waals surface area contributed by atoms with Crippen LogP contribution in [-0.4, -0.2) is 33.7 Å². The molecular formula is C26H31N3O3.